The Bertz CT molecular complexity index is 817. The number of hydrogen-bond acceptors (Lipinski definition) is 6. The molecule has 2 rings (SSSR count). The van der Waals surface area contributed by atoms with Crippen LogP contribution in [-0.4, -0.2) is 40.1 Å². The molecule has 2 aromatic carbocycles. The lowest BCUT2D eigenvalue weighted by Crippen LogP contribution is -2.17. The lowest BCUT2D eigenvalue weighted by Gasteiger charge is -2.11. The summed E-state index contributed by atoms with van der Waals surface area (Å²) in [6, 6.07) is 8.59. The quantitative estimate of drug-likeness (QED) is 0.353. The highest BCUT2D eigenvalue weighted by Gasteiger charge is 2.11. The summed E-state index contributed by atoms with van der Waals surface area (Å²) in [5.74, 6) is 1.96. The normalized spacial score (nSPS) is 10.6. The van der Waals surface area contributed by atoms with Crippen LogP contribution in [-0.2, 0) is 0 Å². The minimum Gasteiger partial charge on any atom is -0.497 e. The van der Waals surface area contributed by atoms with Crippen LogP contribution in [0.25, 0.3) is 0 Å². The van der Waals surface area contributed by atoms with Crippen molar-refractivity contribution in [3.05, 3.63) is 45.0 Å². The van der Waals surface area contributed by atoms with Gasteiger partial charge in [-0.2, -0.15) is 5.10 Å². The minimum absolute atomic E-state index is 0.377. The van der Waals surface area contributed by atoms with E-state index in [1.54, 1.807) is 37.6 Å². The van der Waals surface area contributed by atoms with Gasteiger partial charge in [0, 0.05) is 11.6 Å². The molecule has 0 aliphatic heterocycles. The number of rotatable bonds is 8. The maximum atomic E-state index is 12.3. The van der Waals surface area contributed by atoms with E-state index in [0.717, 1.165) is 9.13 Å². The lowest BCUT2D eigenvalue weighted by molar-refractivity contribution is 0.0954. The largest absolute Gasteiger partial charge is 0.497 e. The second kappa shape index (κ2) is 10.0. The molecule has 0 radical (unpaired) electrons. The highest BCUT2D eigenvalue weighted by Crippen LogP contribution is 2.33. The zero-order chi connectivity index (χ0) is 19.8. The number of nitrogens with zero attached hydrogens (tertiary/aromatic N) is 1. The van der Waals surface area contributed by atoms with Crippen molar-refractivity contribution in [2.75, 3.05) is 27.9 Å². The van der Waals surface area contributed by atoms with Crippen molar-refractivity contribution < 1.29 is 23.7 Å². The van der Waals surface area contributed by atoms with Crippen molar-refractivity contribution >= 4 is 34.7 Å². The van der Waals surface area contributed by atoms with E-state index in [1.165, 1.54) is 14.2 Å². The van der Waals surface area contributed by atoms with Gasteiger partial charge in [-0.3, -0.25) is 4.79 Å². The minimum atomic E-state index is -0.378. The molecule has 0 aliphatic rings. The van der Waals surface area contributed by atoms with Gasteiger partial charge in [0.15, 0.2) is 11.5 Å². The third-order valence-corrected chi connectivity index (χ3v) is 4.33. The second-order valence-electron chi connectivity index (χ2n) is 5.27. The zero-order valence-electron chi connectivity index (χ0n) is 15.5. The number of ether oxygens (including phenoxy) is 4. The Hall–Kier alpha value is -2.49. The van der Waals surface area contributed by atoms with Gasteiger partial charge in [-0.15, -0.1) is 0 Å². The van der Waals surface area contributed by atoms with Crippen LogP contribution in [0.4, 0.5) is 0 Å². The monoisotopic (exact) mass is 484 g/mol. The van der Waals surface area contributed by atoms with Crippen molar-refractivity contribution in [2.24, 2.45) is 5.10 Å². The standard InChI is InChI=1S/C19H21IN2O5/c1-5-27-17-7-12(6-16(20)18(17)26-4)11-21-22-19(23)13-8-14(24-2)10-15(9-13)25-3/h6-11H,5H2,1-4H3,(H,22,23)/b21-11-. The summed E-state index contributed by atoms with van der Waals surface area (Å²) < 4.78 is 22.2. The fourth-order valence-electron chi connectivity index (χ4n) is 2.29. The summed E-state index contributed by atoms with van der Waals surface area (Å²) in [6.07, 6.45) is 1.54. The molecule has 1 N–H and O–H groups in total. The molecule has 0 heterocycles. The van der Waals surface area contributed by atoms with Gasteiger partial charge < -0.3 is 18.9 Å². The number of methoxy groups -OCH3 is 3. The van der Waals surface area contributed by atoms with Gasteiger partial charge >= 0.3 is 0 Å². The van der Waals surface area contributed by atoms with E-state index in [9.17, 15) is 4.79 Å². The number of nitrogens with one attached hydrogen (secondary N) is 1. The molecule has 1 amide bonds. The smallest absolute Gasteiger partial charge is 0.271 e. The number of hydrogen-bond donors (Lipinski definition) is 1. The van der Waals surface area contributed by atoms with Crippen LogP contribution in [0, 0.1) is 3.57 Å². The summed E-state index contributed by atoms with van der Waals surface area (Å²) >= 11 is 2.16. The molecule has 0 aromatic heterocycles. The maximum Gasteiger partial charge on any atom is 0.271 e. The summed E-state index contributed by atoms with van der Waals surface area (Å²) in [5.41, 5.74) is 3.64. The number of carbonyl (C=O) groups is 1. The third kappa shape index (κ3) is 5.49. The molecule has 0 bridgehead atoms. The molecule has 144 valence electrons. The highest BCUT2D eigenvalue weighted by molar-refractivity contribution is 14.1. The maximum absolute atomic E-state index is 12.3. The number of halogens is 1. The van der Waals surface area contributed by atoms with Gasteiger partial charge in [-0.05, 0) is 59.3 Å². The number of carbonyl (C=O) groups excluding carboxylic acids is 1. The molecule has 0 atom stereocenters. The molecule has 2 aromatic rings. The van der Waals surface area contributed by atoms with Crippen LogP contribution in [0.2, 0.25) is 0 Å². The average Bonchev–Trinajstić information content (AvgIpc) is 2.67. The highest BCUT2D eigenvalue weighted by atomic mass is 127. The average molecular weight is 484 g/mol. The van der Waals surface area contributed by atoms with E-state index in [4.69, 9.17) is 18.9 Å². The van der Waals surface area contributed by atoms with Crippen LogP contribution in [0.5, 0.6) is 23.0 Å². The molecule has 0 spiro atoms. The van der Waals surface area contributed by atoms with Crippen LogP contribution in [0.1, 0.15) is 22.8 Å². The molecule has 0 unspecified atom stereocenters. The summed E-state index contributed by atoms with van der Waals surface area (Å²) in [6.45, 7) is 2.41. The first-order valence-corrected chi connectivity index (χ1v) is 9.17. The van der Waals surface area contributed by atoms with Crippen LogP contribution in [0.15, 0.2) is 35.4 Å². The van der Waals surface area contributed by atoms with E-state index < -0.39 is 0 Å². The second-order valence-corrected chi connectivity index (χ2v) is 6.43. The topological polar surface area (TPSA) is 78.4 Å². The Kier molecular flexibility index (Phi) is 7.71. The van der Waals surface area contributed by atoms with Crippen molar-refractivity contribution in [1.29, 1.82) is 0 Å². The fraction of sp³-hybridized carbons (Fsp3) is 0.263. The first-order valence-electron chi connectivity index (χ1n) is 8.09. The molecule has 0 fully saturated rings. The van der Waals surface area contributed by atoms with Gasteiger partial charge in [-0.1, -0.05) is 0 Å². The van der Waals surface area contributed by atoms with Gasteiger partial charge in [-0.25, -0.2) is 5.43 Å². The lowest BCUT2D eigenvalue weighted by atomic mass is 10.2. The van der Waals surface area contributed by atoms with Gasteiger partial charge in [0.25, 0.3) is 5.91 Å². The van der Waals surface area contributed by atoms with Crippen molar-refractivity contribution in [2.45, 2.75) is 6.92 Å². The number of benzene rings is 2. The Morgan fingerprint density at radius 1 is 1.07 bits per heavy atom. The first-order chi connectivity index (χ1) is 13.0. The molecule has 7 nitrogen and oxygen atoms in total. The van der Waals surface area contributed by atoms with E-state index >= 15 is 0 Å². The van der Waals surface area contributed by atoms with E-state index in [0.29, 0.717) is 35.2 Å². The SMILES string of the molecule is CCOc1cc(/C=N\NC(=O)c2cc(OC)cc(OC)c2)cc(I)c1OC. The molecule has 0 saturated heterocycles. The predicted molar refractivity (Wildman–Crippen MR) is 111 cm³/mol. The van der Waals surface area contributed by atoms with E-state index in [1.807, 2.05) is 13.0 Å². The molecular formula is C19H21IN2O5. The van der Waals surface area contributed by atoms with Crippen molar-refractivity contribution in [3.8, 4) is 23.0 Å². The van der Waals surface area contributed by atoms with Crippen molar-refractivity contribution in [1.82, 2.24) is 5.43 Å². The van der Waals surface area contributed by atoms with Crippen molar-refractivity contribution in [3.63, 3.8) is 0 Å². The predicted octanol–water partition coefficient (Wildman–Crippen LogP) is 3.48. The molecule has 8 heteroatoms. The first kappa shape index (κ1) is 20.8. The molecular weight excluding hydrogens is 463 g/mol. The molecule has 27 heavy (non-hydrogen) atoms. The van der Waals surface area contributed by atoms with Crippen LogP contribution < -0.4 is 24.4 Å². The van der Waals surface area contributed by atoms with E-state index in [-0.39, 0.29) is 5.91 Å². The van der Waals surface area contributed by atoms with Crippen LogP contribution in [0.3, 0.4) is 0 Å². The Morgan fingerprint density at radius 2 is 1.74 bits per heavy atom. The van der Waals surface area contributed by atoms with Crippen LogP contribution >= 0.6 is 22.6 Å². The Balaban J connectivity index is 2.16. The Morgan fingerprint density at radius 3 is 2.30 bits per heavy atom. The summed E-state index contributed by atoms with van der Waals surface area (Å²) in [5, 5.41) is 4.02. The van der Waals surface area contributed by atoms with Gasteiger partial charge in [0.05, 0.1) is 37.7 Å². The fourth-order valence-corrected chi connectivity index (χ4v) is 3.14. The Labute approximate surface area is 171 Å². The third-order valence-electron chi connectivity index (χ3n) is 3.53. The number of amides is 1. The van der Waals surface area contributed by atoms with Gasteiger partial charge in [0.1, 0.15) is 11.5 Å². The van der Waals surface area contributed by atoms with Gasteiger partial charge in [0.2, 0.25) is 0 Å². The summed E-state index contributed by atoms with van der Waals surface area (Å²) in [7, 11) is 4.64. The summed E-state index contributed by atoms with van der Waals surface area (Å²) in [4.78, 5) is 12.3. The zero-order valence-corrected chi connectivity index (χ0v) is 17.7. The number of hydrazone groups is 1. The molecule has 0 aliphatic carbocycles. The van der Waals surface area contributed by atoms with E-state index in [2.05, 4.69) is 33.1 Å². The molecule has 0 saturated carbocycles.